The standard InChI is InChI=1S/C22H19NO5S/c1-13-17(12-14-8-4-3-5-9-14)29-20(18(13)22(27)28-2)23-19(24)15-10-6-7-11-16(15)21(25)26/h3-11H,12H2,1-2H3,(H,23,24)(H,25,26)/p-1. The van der Waals surface area contributed by atoms with E-state index in [-0.39, 0.29) is 16.7 Å². The number of carboxylic acids is 1. The molecule has 0 radical (unpaired) electrons. The van der Waals surface area contributed by atoms with Gasteiger partial charge in [0.15, 0.2) is 0 Å². The monoisotopic (exact) mass is 408 g/mol. The second-order valence-corrected chi connectivity index (χ2v) is 7.40. The van der Waals surface area contributed by atoms with E-state index in [4.69, 9.17) is 4.74 Å². The van der Waals surface area contributed by atoms with Crippen molar-refractivity contribution in [2.45, 2.75) is 13.3 Å². The SMILES string of the molecule is COC(=O)c1c(NC(=O)c2ccccc2C(=O)[O-])sc(Cc2ccccc2)c1C. The van der Waals surface area contributed by atoms with Crippen LogP contribution in [0.4, 0.5) is 5.00 Å². The number of hydrogen-bond acceptors (Lipinski definition) is 6. The van der Waals surface area contributed by atoms with Crippen molar-refractivity contribution in [3.63, 3.8) is 0 Å². The number of thiophene rings is 1. The van der Waals surface area contributed by atoms with Gasteiger partial charge in [0.1, 0.15) is 5.00 Å². The topological polar surface area (TPSA) is 95.5 Å². The Morgan fingerprint density at radius 3 is 2.24 bits per heavy atom. The van der Waals surface area contributed by atoms with Gasteiger partial charge in [0, 0.05) is 22.4 Å². The second-order valence-electron chi connectivity index (χ2n) is 6.30. The van der Waals surface area contributed by atoms with Gasteiger partial charge < -0.3 is 20.0 Å². The zero-order valence-electron chi connectivity index (χ0n) is 15.9. The molecule has 0 unspecified atom stereocenters. The molecule has 0 saturated carbocycles. The van der Waals surface area contributed by atoms with Crippen molar-refractivity contribution >= 4 is 34.2 Å². The molecule has 0 bridgehead atoms. The fourth-order valence-corrected chi connectivity index (χ4v) is 4.20. The fraction of sp³-hybridized carbons (Fsp3) is 0.136. The van der Waals surface area contributed by atoms with Crippen molar-refractivity contribution in [1.82, 2.24) is 0 Å². The molecule has 0 atom stereocenters. The number of hydrogen-bond donors (Lipinski definition) is 1. The number of carbonyl (C=O) groups excluding carboxylic acids is 3. The smallest absolute Gasteiger partial charge is 0.341 e. The summed E-state index contributed by atoms with van der Waals surface area (Å²) >= 11 is 1.27. The Hall–Kier alpha value is -3.45. The van der Waals surface area contributed by atoms with Gasteiger partial charge in [-0.15, -0.1) is 11.3 Å². The molecule has 0 aliphatic rings. The van der Waals surface area contributed by atoms with Crippen LogP contribution in [0.25, 0.3) is 0 Å². The van der Waals surface area contributed by atoms with Crippen molar-refractivity contribution < 1.29 is 24.2 Å². The van der Waals surface area contributed by atoms with Crippen LogP contribution in [0.1, 0.15) is 47.1 Å². The van der Waals surface area contributed by atoms with E-state index < -0.39 is 17.8 Å². The molecule has 1 heterocycles. The number of esters is 1. The third kappa shape index (κ3) is 4.35. The summed E-state index contributed by atoms with van der Waals surface area (Å²) in [7, 11) is 1.27. The minimum atomic E-state index is -1.45. The van der Waals surface area contributed by atoms with Gasteiger partial charge in [0.05, 0.1) is 18.6 Å². The Morgan fingerprint density at radius 2 is 1.62 bits per heavy atom. The van der Waals surface area contributed by atoms with Crippen molar-refractivity contribution in [2.24, 2.45) is 0 Å². The van der Waals surface area contributed by atoms with Crippen molar-refractivity contribution in [2.75, 3.05) is 12.4 Å². The minimum Gasteiger partial charge on any atom is -0.545 e. The van der Waals surface area contributed by atoms with Crippen LogP contribution in [-0.4, -0.2) is 25.0 Å². The molecule has 0 spiro atoms. The Kier molecular flexibility index (Phi) is 6.09. The molecule has 1 N–H and O–H groups in total. The molecule has 0 saturated heterocycles. The summed E-state index contributed by atoms with van der Waals surface area (Å²) in [6.07, 6.45) is 0.590. The first-order chi connectivity index (χ1) is 13.9. The summed E-state index contributed by atoms with van der Waals surface area (Å²) in [5.74, 6) is -2.65. The van der Waals surface area contributed by atoms with Gasteiger partial charge in [-0.05, 0) is 24.1 Å². The molecular weight excluding hydrogens is 390 g/mol. The summed E-state index contributed by atoms with van der Waals surface area (Å²) in [6.45, 7) is 1.80. The normalized spacial score (nSPS) is 10.4. The van der Waals surface area contributed by atoms with Crippen LogP contribution in [0.5, 0.6) is 0 Å². The van der Waals surface area contributed by atoms with E-state index in [0.29, 0.717) is 17.0 Å². The molecule has 7 heteroatoms. The number of nitrogens with one attached hydrogen (secondary N) is 1. The quantitative estimate of drug-likeness (QED) is 0.633. The van der Waals surface area contributed by atoms with Gasteiger partial charge in [-0.25, -0.2) is 4.79 Å². The number of amides is 1. The van der Waals surface area contributed by atoms with E-state index in [9.17, 15) is 19.5 Å². The largest absolute Gasteiger partial charge is 0.545 e. The molecule has 2 aromatic carbocycles. The van der Waals surface area contributed by atoms with Crippen LogP contribution in [0, 0.1) is 6.92 Å². The lowest BCUT2D eigenvalue weighted by atomic mass is 10.1. The van der Waals surface area contributed by atoms with Crippen molar-refractivity contribution in [3.05, 3.63) is 87.3 Å². The fourth-order valence-electron chi connectivity index (χ4n) is 2.98. The van der Waals surface area contributed by atoms with Gasteiger partial charge in [0.2, 0.25) is 0 Å². The second kappa shape index (κ2) is 8.70. The van der Waals surface area contributed by atoms with Gasteiger partial charge >= 0.3 is 5.97 Å². The van der Waals surface area contributed by atoms with Crippen molar-refractivity contribution in [3.8, 4) is 0 Å². The Morgan fingerprint density at radius 1 is 1.00 bits per heavy atom. The number of aromatic carboxylic acids is 1. The summed E-state index contributed by atoms with van der Waals surface area (Å²) in [5.41, 5.74) is 1.78. The van der Waals surface area contributed by atoms with Crippen LogP contribution in [0.15, 0.2) is 54.6 Å². The number of ether oxygens (including phenoxy) is 1. The van der Waals surface area contributed by atoms with Gasteiger partial charge in [-0.1, -0.05) is 48.5 Å². The molecule has 1 amide bonds. The van der Waals surface area contributed by atoms with Crippen LogP contribution >= 0.6 is 11.3 Å². The summed E-state index contributed by atoms with van der Waals surface area (Å²) < 4.78 is 4.88. The predicted molar refractivity (Wildman–Crippen MR) is 108 cm³/mol. The maximum Gasteiger partial charge on any atom is 0.341 e. The molecular formula is C22H18NO5S-. The Bertz CT molecular complexity index is 1070. The lowest BCUT2D eigenvalue weighted by molar-refractivity contribution is -0.255. The van der Waals surface area contributed by atoms with Crippen molar-refractivity contribution in [1.29, 1.82) is 0 Å². The zero-order valence-corrected chi connectivity index (χ0v) is 16.7. The minimum absolute atomic E-state index is 0.0426. The van der Waals surface area contributed by atoms with E-state index in [1.807, 2.05) is 30.3 Å². The van der Waals surface area contributed by atoms with E-state index in [2.05, 4.69) is 5.32 Å². The molecule has 0 aliphatic carbocycles. The molecule has 29 heavy (non-hydrogen) atoms. The molecule has 0 fully saturated rings. The molecule has 148 valence electrons. The van der Waals surface area contributed by atoms with Crippen LogP contribution in [-0.2, 0) is 11.2 Å². The first-order valence-corrected chi connectivity index (χ1v) is 9.60. The number of benzene rings is 2. The van der Waals surface area contributed by atoms with Crippen LogP contribution < -0.4 is 10.4 Å². The Balaban J connectivity index is 1.98. The highest BCUT2D eigenvalue weighted by Gasteiger charge is 2.24. The highest BCUT2D eigenvalue weighted by atomic mass is 32.1. The third-order valence-electron chi connectivity index (χ3n) is 4.46. The number of methoxy groups -OCH3 is 1. The van der Waals surface area contributed by atoms with E-state index in [1.165, 1.54) is 36.6 Å². The maximum atomic E-state index is 12.7. The highest BCUT2D eigenvalue weighted by molar-refractivity contribution is 7.17. The first-order valence-electron chi connectivity index (χ1n) is 8.78. The molecule has 3 rings (SSSR count). The van der Waals surface area contributed by atoms with E-state index in [0.717, 1.165) is 10.4 Å². The predicted octanol–water partition coefficient (Wildman–Crippen LogP) is 3.05. The van der Waals surface area contributed by atoms with Crippen LogP contribution in [0.2, 0.25) is 0 Å². The number of rotatable bonds is 6. The van der Waals surface area contributed by atoms with Gasteiger partial charge in [-0.3, -0.25) is 4.79 Å². The third-order valence-corrected chi connectivity index (χ3v) is 5.67. The average Bonchev–Trinajstić information content (AvgIpc) is 3.02. The number of anilines is 1. The lowest BCUT2D eigenvalue weighted by Gasteiger charge is -2.10. The molecule has 1 aromatic heterocycles. The van der Waals surface area contributed by atoms with E-state index in [1.54, 1.807) is 13.0 Å². The Labute approximate surface area is 171 Å². The summed E-state index contributed by atoms with van der Waals surface area (Å²) in [5, 5.41) is 14.3. The average molecular weight is 408 g/mol. The van der Waals surface area contributed by atoms with Gasteiger partial charge in [0.25, 0.3) is 5.91 Å². The van der Waals surface area contributed by atoms with E-state index >= 15 is 0 Å². The number of carboxylic acid groups (broad SMARTS) is 1. The molecule has 6 nitrogen and oxygen atoms in total. The highest BCUT2D eigenvalue weighted by Crippen LogP contribution is 2.35. The van der Waals surface area contributed by atoms with Gasteiger partial charge in [-0.2, -0.15) is 0 Å². The zero-order chi connectivity index (χ0) is 21.0. The molecule has 0 aliphatic heterocycles. The summed E-state index contributed by atoms with van der Waals surface area (Å²) in [6, 6.07) is 15.5. The number of carbonyl (C=O) groups is 3. The maximum absolute atomic E-state index is 12.7. The van der Waals surface area contributed by atoms with Crippen LogP contribution in [0.3, 0.4) is 0 Å². The summed E-state index contributed by atoms with van der Waals surface area (Å²) in [4.78, 5) is 37.3. The first kappa shape index (κ1) is 20.3. The molecule has 3 aromatic rings. The lowest BCUT2D eigenvalue weighted by Crippen LogP contribution is -2.26.